The second-order valence-electron chi connectivity index (χ2n) is 6.02. The lowest BCUT2D eigenvalue weighted by atomic mass is 10.0. The highest BCUT2D eigenvalue weighted by Gasteiger charge is 2.44. The number of rotatable bonds is 1. The van der Waals surface area contributed by atoms with Gasteiger partial charge in [0.05, 0.1) is 18.7 Å². The van der Waals surface area contributed by atoms with E-state index in [1.165, 1.54) is 7.11 Å². The van der Waals surface area contributed by atoms with Crippen molar-refractivity contribution in [3.8, 4) is 0 Å². The van der Waals surface area contributed by atoms with Crippen molar-refractivity contribution in [3.63, 3.8) is 0 Å². The summed E-state index contributed by atoms with van der Waals surface area (Å²) >= 11 is 0. The summed E-state index contributed by atoms with van der Waals surface area (Å²) in [5, 5.41) is 0. The van der Waals surface area contributed by atoms with Crippen LogP contribution in [0, 0.1) is 0 Å². The Hall–Kier alpha value is -1.52. The number of amides is 1. The molecule has 0 radical (unpaired) electrons. The van der Waals surface area contributed by atoms with Gasteiger partial charge >= 0.3 is 12.1 Å². The number of hydrogen-bond donors (Lipinski definition) is 0. The second-order valence-corrected chi connectivity index (χ2v) is 6.02. The maximum Gasteiger partial charge on any atom is 0.411 e. The Labute approximate surface area is 113 Å². The zero-order valence-corrected chi connectivity index (χ0v) is 11.9. The molecule has 106 valence electrons. The first kappa shape index (κ1) is 13.9. The number of hydrogen-bond acceptors (Lipinski definition) is 4. The molecule has 5 heteroatoms. The third-order valence-electron chi connectivity index (χ3n) is 3.50. The van der Waals surface area contributed by atoms with Crippen molar-refractivity contribution in [3.05, 3.63) is 11.6 Å². The molecule has 2 heterocycles. The minimum absolute atomic E-state index is 0.147. The van der Waals surface area contributed by atoms with Gasteiger partial charge in [-0.1, -0.05) is 6.08 Å². The minimum atomic E-state index is -0.525. The summed E-state index contributed by atoms with van der Waals surface area (Å²) in [5.74, 6) is -0.348. The van der Waals surface area contributed by atoms with Crippen LogP contribution in [0.2, 0.25) is 0 Å². The molecule has 1 amide bonds. The summed E-state index contributed by atoms with van der Waals surface area (Å²) in [6.07, 6.45) is 3.95. The Morgan fingerprint density at radius 3 is 2.58 bits per heavy atom. The van der Waals surface area contributed by atoms with Gasteiger partial charge in [-0.25, -0.2) is 9.59 Å². The first-order valence-corrected chi connectivity index (χ1v) is 6.63. The van der Waals surface area contributed by atoms with Crippen molar-refractivity contribution in [1.82, 2.24) is 4.90 Å². The molecule has 0 aromatic rings. The zero-order valence-electron chi connectivity index (χ0n) is 11.9. The first-order valence-electron chi connectivity index (χ1n) is 6.63. The van der Waals surface area contributed by atoms with Crippen LogP contribution in [0.25, 0.3) is 0 Å². The van der Waals surface area contributed by atoms with Crippen molar-refractivity contribution >= 4 is 12.1 Å². The topological polar surface area (TPSA) is 55.8 Å². The fraction of sp³-hybridized carbons (Fsp3) is 0.714. The molecule has 2 bridgehead atoms. The van der Waals surface area contributed by atoms with Crippen molar-refractivity contribution in [1.29, 1.82) is 0 Å². The Kier molecular flexibility index (Phi) is 3.56. The lowest BCUT2D eigenvalue weighted by Gasteiger charge is -2.35. The van der Waals surface area contributed by atoms with Gasteiger partial charge in [-0.2, -0.15) is 0 Å². The van der Waals surface area contributed by atoms with Crippen LogP contribution in [-0.2, 0) is 14.3 Å². The van der Waals surface area contributed by atoms with Crippen molar-refractivity contribution in [2.45, 2.75) is 57.7 Å². The number of carbonyl (C=O) groups is 2. The van der Waals surface area contributed by atoms with E-state index in [-0.39, 0.29) is 24.1 Å². The van der Waals surface area contributed by atoms with E-state index in [0.717, 1.165) is 12.8 Å². The van der Waals surface area contributed by atoms with E-state index in [0.29, 0.717) is 12.0 Å². The van der Waals surface area contributed by atoms with E-state index in [2.05, 4.69) is 0 Å². The van der Waals surface area contributed by atoms with Gasteiger partial charge in [0.2, 0.25) is 0 Å². The fourth-order valence-electron chi connectivity index (χ4n) is 2.75. The second kappa shape index (κ2) is 4.87. The standard InChI is InChI=1S/C14H21NO4/c1-14(2,3)19-13(17)15-9-5-7-10(12(16)18-4)11(15)8-6-9/h7,9,11H,5-6,8H2,1-4H3/t9-,11-/m0/s1. The lowest BCUT2D eigenvalue weighted by molar-refractivity contribution is -0.136. The first-order chi connectivity index (χ1) is 8.83. The maximum atomic E-state index is 12.3. The van der Waals surface area contributed by atoms with E-state index < -0.39 is 5.60 Å². The van der Waals surface area contributed by atoms with Gasteiger partial charge in [-0.05, 0) is 40.0 Å². The summed E-state index contributed by atoms with van der Waals surface area (Å²) in [6.45, 7) is 5.52. The molecule has 0 unspecified atom stereocenters. The molecular formula is C14H21NO4. The molecule has 0 aliphatic carbocycles. The Morgan fingerprint density at radius 2 is 2.00 bits per heavy atom. The Morgan fingerprint density at radius 1 is 1.32 bits per heavy atom. The van der Waals surface area contributed by atoms with Crippen molar-refractivity contribution in [2.24, 2.45) is 0 Å². The third-order valence-corrected chi connectivity index (χ3v) is 3.50. The van der Waals surface area contributed by atoms with Gasteiger partial charge in [0, 0.05) is 6.04 Å². The van der Waals surface area contributed by atoms with E-state index in [1.54, 1.807) is 4.90 Å². The Balaban J connectivity index is 2.17. The van der Waals surface area contributed by atoms with Crippen LogP contribution >= 0.6 is 0 Å². The van der Waals surface area contributed by atoms with Gasteiger partial charge in [0.1, 0.15) is 5.60 Å². The maximum absolute atomic E-state index is 12.3. The number of ether oxygens (including phenoxy) is 2. The lowest BCUT2D eigenvalue weighted by Crippen LogP contribution is -2.47. The summed E-state index contributed by atoms with van der Waals surface area (Å²) in [6, 6.07) is -0.0469. The van der Waals surface area contributed by atoms with E-state index in [1.807, 2.05) is 26.8 Å². The fourth-order valence-corrected chi connectivity index (χ4v) is 2.75. The molecule has 0 N–H and O–H groups in total. The highest BCUT2D eigenvalue weighted by molar-refractivity contribution is 5.91. The molecule has 1 fully saturated rings. The quantitative estimate of drug-likeness (QED) is 0.684. The van der Waals surface area contributed by atoms with Gasteiger partial charge in [-0.3, -0.25) is 4.90 Å². The van der Waals surface area contributed by atoms with E-state index in [9.17, 15) is 9.59 Å². The molecule has 19 heavy (non-hydrogen) atoms. The number of esters is 1. The molecule has 2 aliphatic rings. The molecule has 2 aliphatic heterocycles. The highest BCUT2D eigenvalue weighted by Crippen LogP contribution is 2.37. The number of methoxy groups -OCH3 is 1. The highest BCUT2D eigenvalue weighted by atomic mass is 16.6. The predicted molar refractivity (Wildman–Crippen MR) is 69.6 cm³/mol. The molecule has 1 saturated heterocycles. The van der Waals surface area contributed by atoms with Crippen molar-refractivity contribution < 1.29 is 19.1 Å². The normalized spacial score (nSPS) is 25.9. The summed E-state index contributed by atoms with van der Waals surface area (Å²) in [7, 11) is 1.36. The largest absolute Gasteiger partial charge is 0.466 e. The predicted octanol–water partition coefficient (Wildman–Crippen LogP) is 2.26. The van der Waals surface area contributed by atoms with Crippen LogP contribution in [0.15, 0.2) is 11.6 Å². The van der Waals surface area contributed by atoms with Crippen LogP contribution in [0.1, 0.15) is 40.0 Å². The third kappa shape index (κ3) is 2.74. The van der Waals surface area contributed by atoms with E-state index >= 15 is 0 Å². The monoisotopic (exact) mass is 267 g/mol. The molecule has 0 aromatic carbocycles. The average Bonchev–Trinajstić information content (AvgIpc) is 2.61. The van der Waals surface area contributed by atoms with Crippen LogP contribution in [0.5, 0.6) is 0 Å². The average molecular weight is 267 g/mol. The van der Waals surface area contributed by atoms with Crippen LogP contribution in [0.4, 0.5) is 4.79 Å². The summed E-state index contributed by atoms with van der Waals surface area (Å²) in [5.41, 5.74) is 0.0606. The molecule has 0 saturated carbocycles. The number of nitrogens with zero attached hydrogens (tertiary/aromatic N) is 1. The van der Waals surface area contributed by atoms with Crippen LogP contribution < -0.4 is 0 Å². The summed E-state index contributed by atoms with van der Waals surface area (Å²) < 4.78 is 10.2. The van der Waals surface area contributed by atoms with Crippen molar-refractivity contribution in [2.75, 3.05) is 7.11 Å². The molecular weight excluding hydrogens is 246 g/mol. The molecule has 5 nitrogen and oxygen atoms in total. The minimum Gasteiger partial charge on any atom is -0.466 e. The van der Waals surface area contributed by atoms with Crippen LogP contribution in [0.3, 0.4) is 0 Å². The van der Waals surface area contributed by atoms with E-state index in [4.69, 9.17) is 9.47 Å². The van der Waals surface area contributed by atoms with Gasteiger partial charge < -0.3 is 9.47 Å². The van der Waals surface area contributed by atoms with Gasteiger partial charge in [0.25, 0.3) is 0 Å². The molecule has 2 atom stereocenters. The van der Waals surface area contributed by atoms with Gasteiger partial charge in [-0.15, -0.1) is 0 Å². The molecule has 0 aromatic heterocycles. The number of fused-ring (bicyclic) bond motifs is 2. The SMILES string of the molecule is COC(=O)C1=CC[C@H]2CC[C@@H]1N2C(=O)OC(C)(C)C. The summed E-state index contributed by atoms with van der Waals surface area (Å²) in [4.78, 5) is 25.7. The number of carbonyl (C=O) groups excluding carboxylic acids is 2. The Bertz CT molecular complexity index is 422. The smallest absolute Gasteiger partial charge is 0.411 e. The van der Waals surface area contributed by atoms with Gasteiger partial charge in [0.15, 0.2) is 0 Å². The molecule has 2 rings (SSSR count). The zero-order chi connectivity index (χ0) is 14.2. The molecule has 0 spiro atoms. The van der Waals surface area contributed by atoms with Crippen LogP contribution in [-0.4, -0.2) is 41.8 Å².